The zero-order valence-corrected chi connectivity index (χ0v) is 15.0. The summed E-state index contributed by atoms with van der Waals surface area (Å²) < 4.78 is 1.01. The summed E-state index contributed by atoms with van der Waals surface area (Å²) in [6.07, 6.45) is 0. The van der Waals surface area contributed by atoms with Crippen LogP contribution >= 0.6 is 43.2 Å². The van der Waals surface area contributed by atoms with E-state index < -0.39 is 0 Å². The van der Waals surface area contributed by atoms with Gasteiger partial charge in [-0.2, -0.15) is 0 Å². The quantitative estimate of drug-likeness (QED) is 0.716. The zero-order chi connectivity index (χ0) is 14.7. The van der Waals surface area contributed by atoms with Gasteiger partial charge in [0.25, 0.3) is 0 Å². The van der Waals surface area contributed by atoms with Crippen LogP contribution in [-0.4, -0.2) is 15.7 Å². The number of anilines is 1. The molecule has 0 fully saturated rings. The number of alkyl halides is 1. The Morgan fingerprint density at radius 2 is 2.15 bits per heavy atom. The molecule has 0 bridgehead atoms. The van der Waals surface area contributed by atoms with Crippen LogP contribution in [0, 0.1) is 5.92 Å². The summed E-state index contributed by atoms with van der Waals surface area (Å²) in [6, 6.07) is 7.93. The Kier molecular flexibility index (Phi) is 5.35. The van der Waals surface area contributed by atoms with Crippen molar-refractivity contribution in [1.82, 2.24) is 4.98 Å². The molecule has 106 valence electrons. The summed E-state index contributed by atoms with van der Waals surface area (Å²) >= 11 is 8.25. The molecule has 1 atom stereocenters. The number of amides is 1. The predicted octanol–water partition coefficient (Wildman–Crippen LogP) is 4.93. The Hall–Kier alpha value is -0.720. The summed E-state index contributed by atoms with van der Waals surface area (Å²) in [7, 11) is 0. The number of halogens is 2. The number of nitrogens with one attached hydrogen (secondary N) is 1. The minimum atomic E-state index is -0.208. The predicted molar refractivity (Wildman–Crippen MR) is 91.4 cm³/mol. The largest absolute Gasteiger partial charge is 0.301 e. The van der Waals surface area contributed by atoms with Crippen molar-refractivity contribution < 1.29 is 4.79 Å². The molecule has 1 aromatic heterocycles. The maximum absolute atomic E-state index is 12.0. The third kappa shape index (κ3) is 3.90. The lowest BCUT2D eigenvalue weighted by atomic mass is 10.1. The molecule has 0 spiro atoms. The Bertz CT molecular complexity index is 613. The van der Waals surface area contributed by atoms with Crippen molar-refractivity contribution in [3.63, 3.8) is 0 Å². The van der Waals surface area contributed by atoms with Gasteiger partial charge in [-0.25, -0.2) is 4.98 Å². The van der Waals surface area contributed by atoms with E-state index in [0.29, 0.717) is 5.13 Å². The van der Waals surface area contributed by atoms with Crippen LogP contribution in [0.15, 0.2) is 34.1 Å². The molecule has 1 amide bonds. The van der Waals surface area contributed by atoms with Gasteiger partial charge >= 0.3 is 0 Å². The van der Waals surface area contributed by atoms with E-state index in [1.807, 2.05) is 43.5 Å². The Labute approximate surface area is 139 Å². The number of thiazole rings is 1. The zero-order valence-electron chi connectivity index (χ0n) is 11.1. The fraction of sp³-hybridized carbons (Fsp3) is 0.286. The fourth-order valence-electron chi connectivity index (χ4n) is 1.59. The highest BCUT2D eigenvalue weighted by molar-refractivity contribution is 9.10. The molecule has 0 saturated heterocycles. The number of hydrogen-bond donors (Lipinski definition) is 1. The number of nitrogens with zero attached hydrogens (tertiary/aromatic N) is 1. The van der Waals surface area contributed by atoms with E-state index in [4.69, 9.17) is 0 Å². The molecule has 3 nitrogen and oxygen atoms in total. The van der Waals surface area contributed by atoms with E-state index in [0.717, 1.165) is 15.7 Å². The first-order valence-corrected chi connectivity index (χ1v) is 8.72. The maximum atomic E-state index is 12.0. The van der Waals surface area contributed by atoms with Crippen LogP contribution in [0.1, 0.15) is 13.8 Å². The topological polar surface area (TPSA) is 42.0 Å². The third-order valence-electron chi connectivity index (χ3n) is 2.69. The lowest BCUT2D eigenvalue weighted by molar-refractivity contribution is -0.116. The van der Waals surface area contributed by atoms with Gasteiger partial charge in [-0.05, 0) is 18.1 Å². The molecular formula is C14H14Br2N2OS. The molecular weight excluding hydrogens is 404 g/mol. The number of rotatable bonds is 4. The van der Waals surface area contributed by atoms with Crippen molar-refractivity contribution in [2.45, 2.75) is 18.7 Å². The van der Waals surface area contributed by atoms with Crippen LogP contribution in [0.2, 0.25) is 0 Å². The molecule has 0 radical (unpaired) electrons. The van der Waals surface area contributed by atoms with Gasteiger partial charge in [-0.1, -0.05) is 57.8 Å². The molecule has 1 unspecified atom stereocenters. The highest BCUT2D eigenvalue weighted by Gasteiger charge is 2.19. The van der Waals surface area contributed by atoms with Gasteiger partial charge in [-0.3, -0.25) is 4.79 Å². The molecule has 20 heavy (non-hydrogen) atoms. The molecule has 0 aliphatic rings. The van der Waals surface area contributed by atoms with Gasteiger partial charge in [0.15, 0.2) is 5.13 Å². The lowest BCUT2D eigenvalue weighted by Crippen LogP contribution is -2.26. The summed E-state index contributed by atoms with van der Waals surface area (Å²) in [4.78, 5) is 16.2. The number of aromatic nitrogens is 1. The minimum Gasteiger partial charge on any atom is -0.301 e. The molecule has 2 aromatic rings. The average molecular weight is 418 g/mol. The van der Waals surface area contributed by atoms with Crippen LogP contribution in [0.3, 0.4) is 0 Å². The number of carbonyl (C=O) groups excluding carboxylic acids is 1. The van der Waals surface area contributed by atoms with Crippen LogP contribution in [-0.2, 0) is 4.79 Å². The minimum absolute atomic E-state index is 0.0601. The highest BCUT2D eigenvalue weighted by Crippen LogP contribution is 2.27. The van der Waals surface area contributed by atoms with Crippen LogP contribution in [0.5, 0.6) is 0 Å². The van der Waals surface area contributed by atoms with Crippen molar-refractivity contribution >= 4 is 54.2 Å². The van der Waals surface area contributed by atoms with Crippen molar-refractivity contribution in [2.75, 3.05) is 5.32 Å². The SMILES string of the molecule is CC(C)C(Br)C(=O)Nc1nc(-c2cccc(Br)c2)cs1. The standard InChI is InChI=1S/C14H14Br2N2OS/c1-8(2)12(16)13(19)18-14-17-11(7-20-14)9-4-3-5-10(15)6-9/h3-8,12H,1-2H3,(H,17,18,19). The van der Waals surface area contributed by atoms with Crippen LogP contribution < -0.4 is 5.32 Å². The van der Waals surface area contributed by atoms with Gasteiger partial charge < -0.3 is 5.32 Å². The van der Waals surface area contributed by atoms with Gasteiger partial charge in [0.1, 0.15) is 0 Å². The monoisotopic (exact) mass is 416 g/mol. The molecule has 1 heterocycles. The van der Waals surface area contributed by atoms with Crippen molar-refractivity contribution in [3.05, 3.63) is 34.1 Å². The lowest BCUT2D eigenvalue weighted by Gasteiger charge is -2.11. The summed E-state index contributed by atoms with van der Waals surface area (Å²) in [5, 5.41) is 5.40. The second-order valence-corrected chi connectivity index (χ2v) is 7.44. The van der Waals surface area contributed by atoms with Crippen LogP contribution in [0.4, 0.5) is 5.13 Å². The van der Waals surface area contributed by atoms with E-state index in [1.54, 1.807) is 0 Å². The normalized spacial score (nSPS) is 12.4. The molecule has 0 aliphatic heterocycles. The summed E-state index contributed by atoms with van der Waals surface area (Å²) in [5.74, 6) is 0.176. The first-order chi connectivity index (χ1) is 9.47. The van der Waals surface area contributed by atoms with E-state index in [-0.39, 0.29) is 16.7 Å². The van der Waals surface area contributed by atoms with Crippen LogP contribution in [0.25, 0.3) is 11.3 Å². The first kappa shape index (κ1) is 15.7. The number of carbonyl (C=O) groups is 1. The molecule has 2 rings (SSSR count). The van der Waals surface area contributed by atoms with Gasteiger partial charge in [0.2, 0.25) is 5.91 Å². The number of hydrogen-bond acceptors (Lipinski definition) is 3. The van der Waals surface area contributed by atoms with Crippen molar-refractivity contribution in [1.29, 1.82) is 0 Å². The van der Waals surface area contributed by atoms with E-state index >= 15 is 0 Å². The van der Waals surface area contributed by atoms with Gasteiger partial charge in [0, 0.05) is 15.4 Å². The highest BCUT2D eigenvalue weighted by atomic mass is 79.9. The van der Waals surface area contributed by atoms with E-state index in [1.165, 1.54) is 11.3 Å². The summed E-state index contributed by atoms with van der Waals surface area (Å²) in [5.41, 5.74) is 1.89. The molecule has 0 saturated carbocycles. The third-order valence-corrected chi connectivity index (χ3v) is 5.41. The Morgan fingerprint density at radius 3 is 2.80 bits per heavy atom. The average Bonchev–Trinajstić information content (AvgIpc) is 2.86. The number of benzene rings is 1. The smallest absolute Gasteiger partial charge is 0.240 e. The second kappa shape index (κ2) is 6.83. The van der Waals surface area contributed by atoms with E-state index in [9.17, 15) is 4.79 Å². The van der Waals surface area contributed by atoms with E-state index in [2.05, 4.69) is 42.2 Å². The van der Waals surface area contributed by atoms with Gasteiger partial charge in [-0.15, -0.1) is 11.3 Å². The van der Waals surface area contributed by atoms with Crippen molar-refractivity contribution in [3.8, 4) is 11.3 Å². The maximum Gasteiger partial charge on any atom is 0.240 e. The van der Waals surface area contributed by atoms with Gasteiger partial charge in [0.05, 0.1) is 10.5 Å². The Balaban J connectivity index is 2.12. The Morgan fingerprint density at radius 1 is 1.40 bits per heavy atom. The second-order valence-electron chi connectivity index (χ2n) is 4.68. The fourth-order valence-corrected chi connectivity index (χ4v) is 2.82. The van der Waals surface area contributed by atoms with Crippen molar-refractivity contribution in [2.24, 2.45) is 5.92 Å². The first-order valence-electron chi connectivity index (χ1n) is 6.14. The molecule has 0 aliphatic carbocycles. The summed E-state index contributed by atoms with van der Waals surface area (Å²) in [6.45, 7) is 3.99. The molecule has 6 heteroatoms. The molecule has 1 N–H and O–H groups in total. The molecule has 1 aromatic carbocycles.